The summed E-state index contributed by atoms with van der Waals surface area (Å²) in [6.45, 7) is 8.84. The van der Waals surface area contributed by atoms with Gasteiger partial charge in [0.05, 0.1) is 5.56 Å². The van der Waals surface area contributed by atoms with Gasteiger partial charge in [-0.15, -0.1) is 0 Å². The minimum atomic E-state index is -4.45. The number of carbonyl (C=O) groups excluding carboxylic acids is 1. The molecule has 0 saturated heterocycles. The molecule has 0 heterocycles. The van der Waals surface area contributed by atoms with Crippen LogP contribution in [0.3, 0.4) is 0 Å². The van der Waals surface area contributed by atoms with Crippen molar-refractivity contribution in [2.24, 2.45) is 0 Å². The zero-order valence-electron chi connectivity index (χ0n) is 17.9. The van der Waals surface area contributed by atoms with Crippen LogP contribution in [0.5, 0.6) is 5.75 Å². The fourth-order valence-corrected chi connectivity index (χ4v) is 3.48. The molecule has 8 heteroatoms. The molecule has 1 atom stereocenters. The van der Waals surface area contributed by atoms with Crippen LogP contribution in [0, 0.1) is 0 Å². The Hall–Kier alpha value is -2.25. The van der Waals surface area contributed by atoms with Crippen LogP contribution in [0.4, 0.5) is 18.9 Å². The number of nitrogens with one attached hydrogen (secondary N) is 1. The molecule has 0 spiro atoms. The minimum Gasteiger partial charge on any atom is -0.492 e. The van der Waals surface area contributed by atoms with E-state index < -0.39 is 11.7 Å². The Labute approximate surface area is 186 Å². The Morgan fingerprint density at radius 2 is 1.77 bits per heavy atom. The Balaban J connectivity index is 1.83. The predicted molar refractivity (Wildman–Crippen MR) is 118 cm³/mol. The van der Waals surface area contributed by atoms with Gasteiger partial charge in [0.1, 0.15) is 12.4 Å². The molecule has 0 radical (unpaired) electrons. The van der Waals surface area contributed by atoms with Crippen LogP contribution in [-0.2, 0) is 17.4 Å². The number of hydrogen-bond donors (Lipinski definition) is 1. The highest BCUT2D eigenvalue weighted by molar-refractivity contribution is 6.31. The smallest absolute Gasteiger partial charge is 0.416 e. The van der Waals surface area contributed by atoms with Gasteiger partial charge < -0.3 is 10.1 Å². The first-order valence-electron chi connectivity index (χ1n) is 10.3. The number of ether oxygens (including phenoxy) is 1. The van der Waals surface area contributed by atoms with Gasteiger partial charge in [0, 0.05) is 23.2 Å². The molecule has 2 rings (SSSR count). The highest BCUT2D eigenvalue weighted by atomic mass is 35.5. The topological polar surface area (TPSA) is 41.6 Å². The van der Waals surface area contributed by atoms with E-state index in [1.165, 1.54) is 6.07 Å². The molecule has 0 aliphatic carbocycles. The third-order valence-electron chi connectivity index (χ3n) is 5.07. The summed E-state index contributed by atoms with van der Waals surface area (Å²) in [5, 5.41) is 2.77. The van der Waals surface area contributed by atoms with E-state index in [2.05, 4.69) is 31.0 Å². The van der Waals surface area contributed by atoms with Crippen LogP contribution in [0.25, 0.3) is 0 Å². The van der Waals surface area contributed by atoms with Crippen molar-refractivity contribution in [3.8, 4) is 5.75 Å². The maximum Gasteiger partial charge on any atom is 0.416 e. The minimum absolute atomic E-state index is 0.00284. The maximum atomic E-state index is 12.7. The van der Waals surface area contributed by atoms with Gasteiger partial charge in [-0.05, 0) is 68.4 Å². The van der Waals surface area contributed by atoms with Crippen LogP contribution in [-0.4, -0.2) is 36.5 Å². The number of anilines is 1. The number of likely N-dealkylation sites (N-methyl/N-ethyl adjacent to an activating group) is 1. The first kappa shape index (κ1) is 25.0. The van der Waals surface area contributed by atoms with E-state index in [0.717, 1.165) is 25.2 Å². The van der Waals surface area contributed by atoms with Crippen LogP contribution in [0.15, 0.2) is 42.5 Å². The van der Waals surface area contributed by atoms with Gasteiger partial charge in [0.15, 0.2) is 0 Å². The number of carbonyl (C=O) groups is 1. The van der Waals surface area contributed by atoms with Gasteiger partial charge in [-0.1, -0.05) is 31.5 Å². The third-order valence-corrected chi connectivity index (χ3v) is 5.42. The number of alkyl halides is 3. The number of rotatable bonds is 10. The Bertz CT molecular complexity index is 853. The van der Waals surface area contributed by atoms with Gasteiger partial charge in [-0.25, -0.2) is 0 Å². The summed E-state index contributed by atoms with van der Waals surface area (Å²) < 4.78 is 43.9. The second-order valence-electron chi connectivity index (χ2n) is 7.26. The highest BCUT2D eigenvalue weighted by Gasteiger charge is 2.30. The van der Waals surface area contributed by atoms with Crippen molar-refractivity contribution in [1.82, 2.24) is 4.90 Å². The first-order chi connectivity index (χ1) is 14.6. The Morgan fingerprint density at radius 3 is 2.32 bits per heavy atom. The SMILES string of the molecule is CCN(CC)C(C)COc1ccc(NC(=O)CCc2ccc(C(F)(F)F)cc2Cl)cc1. The average Bonchev–Trinajstić information content (AvgIpc) is 2.72. The summed E-state index contributed by atoms with van der Waals surface area (Å²) in [5.41, 5.74) is 0.308. The number of aryl methyl sites for hydroxylation is 1. The van der Waals surface area contributed by atoms with Crippen LogP contribution in [0.1, 0.15) is 38.3 Å². The monoisotopic (exact) mass is 456 g/mol. The lowest BCUT2D eigenvalue weighted by molar-refractivity contribution is -0.137. The molecular formula is C23H28ClF3N2O2. The zero-order valence-corrected chi connectivity index (χ0v) is 18.7. The normalized spacial score (nSPS) is 12.6. The van der Waals surface area contributed by atoms with Crippen LogP contribution < -0.4 is 10.1 Å². The number of hydrogen-bond acceptors (Lipinski definition) is 3. The summed E-state index contributed by atoms with van der Waals surface area (Å²) in [4.78, 5) is 14.5. The number of halogens is 4. The molecule has 0 saturated carbocycles. The molecule has 0 bridgehead atoms. The van der Waals surface area contributed by atoms with E-state index in [1.54, 1.807) is 24.3 Å². The van der Waals surface area contributed by atoms with Crippen molar-refractivity contribution in [2.75, 3.05) is 25.0 Å². The van der Waals surface area contributed by atoms with E-state index in [1.807, 2.05) is 0 Å². The van der Waals surface area contributed by atoms with E-state index in [-0.39, 0.29) is 23.8 Å². The molecule has 0 fully saturated rings. The molecule has 170 valence electrons. The highest BCUT2D eigenvalue weighted by Crippen LogP contribution is 2.32. The van der Waals surface area contributed by atoms with Crippen molar-refractivity contribution >= 4 is 23.2 Å². The van der Waals surface area contributed by atoms with Crippen molar-refractivity contribution in [3.63, 3.8) is 0 Å². The van der Waals surface area contributed by atoms with Gasteiger partial charge >= 0.3 is 6.18 Å². The second kappa shape index (κ2) is 11.4. The second-order valence-corrected chi connectivity index (χ2v) is 7.66. The Kier molecular flexibility index (Phi) is 9.19. The lowest BCUT2D eigenvalue weighted by Gasteiger charge is -2.26. The molecular weight excluding hydrogens is 429 g/mol. The number of benzene rings is 2. The van der Waals surface area contributed by atoms with Gasteiger partial charge in [-0.3, -0.25) is 9.69 Å². The van der Waals surface area contributed by atoms with Crippen molar-refractivity contribution < 1.29 is 22.7 Å². The largest absolute Gasteiger partial charge is 0.492 e. The van der Waals surface area contributed by atoms with E-state index in [9.17, 15) is 18.0 Å². The molecule has 2 aromatic carbocycles. The van der Waals surface area contributed by atoms with Gasteiger partial charge in [0.2, 0.25) is 5.91 Å². The molecule has 0 aliphatic heterocycles. The van der Waals surface area contributed by atoms with E-state index in [0.29, 0.717) is 29.6 Å². The molecule has 4 nitrogen and oxygen atoms in total. The third kappa shape index (κ3) is 7.74. The molecule has 0 aliphatic rings. The van der Waals surface area contributed by atoms with Gasteiger partial charge in [-0.2, -0.15) is 13.2 Å². The number of amides is 1. The van der Waals surface area contributed by atoms with Crippen LogP contribution in [0.2, 0.25) is 5.02 Å². The molecule has 31 heavy (non-hydrogen) atoms. The number of nitrogens with zero attached hydrogens (tertiary/aromatic N) is 1. The van der Waals surface area contributed by atoms with E-state index >= 15 is 0 Å². The van der Waals surface area contributed by atoms with Crippen molar-refractivity contribution in [2.45, 2.75) is 45.8 Å². The van der Waals surface area contributed by atoms with Crippen molar-refractivity contribution in [1.29, 1.82) is 0 Å². The van der Waals surface area contributed by atoms with Crippen LogP contribution >= 0.6 is 11.6 Å². The summed E-state index contributed by atoms with van der Waals surface area (Å²) in [5.74, 6) is 0.466. The quantitative estimate of drug-likeness (QED) is 0.474. The summed E-state index contributed by atoms with van der Waals surface area (Å²) in [6.07, 6.45) is -4.10. The van der Waals surface area contributed by atoms with Gasteiger partial charge in [0.25, 0.3) is 0 Å². The van der Waals surface area contributed by atoms with Crippen molar-refractivity contribution in [3.05, 3.63) is 58.6 Å². The molecule has 0 aromatic heterocycles. The fourth-order valence-electron chi connectivity index (χ4n) is 3.20. The Morgan fingerprint density at radius 1 is 1.13 bits per heavy atom. The molecule has 1 unspecified atom stereocenters. The summed E-state index contributed by atoms with van der Waals surface area (Å²) >= 11 is 5.94. The molecule has 2 aromatic rings. The fraction of sp³-hybridized carbons (Fsp3) is 0.435. The maximum absolute atomic E-state index is 12.7. The lowest BCUT2D eigenvalue weighted by atomic mass is 10.1. The summed E-state index contributed by atoms with van der Waals surface area (Å²) in [7, 11) is 0. The summed E-state index contributed by atoms with van der Waals surface area (Å²) in [6, 6.07) is 10.5. The molecule has 1 N–H and O–H groups in total. The first-order valence-corrected chi connectivity index (χ1v) is 10.6. The average molecular weight is 457 g/mol. The zero-order chi connectivity index (χ0) is 23.0. The standard InChI is InChI=1S/C23H28ClF3N2O2/c1-4-29(5-2)16(3)15-31-20-11-9-19(10-12-20)28-22(30)13-7-17-6-8-18(14-21(17)24)23(25,26)27/h6,8-12,14,16H,4-5,7,13,15H2,1-3H3,(H,28,30). The lowest BCUT2D eigenvalue weighted by Crippen LogP contribution is -2.36. The van der Waals surface area contributed by atoms with E-state index in [4.69, 9.17) is 16.3 Å². The predicted octanol–water partition coefficient (Wildman–Crippen LogP) is 6.04. The molecule has 1 amide bonds.